The lowest BCUT2D eigenvalue weighted by molar-refractivity contribution is -0.139. The average molecular weight is 324 g/mol. The maximum atomic E-state index is 11.5. The molecule has 0 aromatic rings. The molecule has 1 unspecified atom stereocenters. The third kappa shape index (κ3) is 9.97. The molecule has 0 fully saturated rings. The molecule has 0 aromatic heterocycles. The largest absolute Gasteiger partial charge is 0.480 e. The van der Waals surface area contributed by atoms with Crippen molar-refractivity contribution in [2.45, 2.75) is 45.8 Å². The van der Waals surface area contributed by atoms with Crippen LogP contribution in [0.1, 0.15) is 34.1 Å². The van der Waals surface area contributed by atoms with E-state index in [4.69, 9.17) is 21.4 Å². The Hall–Kier alpha value is -0.880. The van der Waals surface area contributed by atoms with Crippen molar-refractivity contribution in [3.8, 4) is 0 Å². The first-order valence-corrected chi connectivity index (χ1v) is 7.80. The number of thioether (sulfide) groups is 1. The van der Waals surface area contributed by atoms with Crippen LogP contribution in [0.4, 0.5) is 4.79 Å². The average Bonchev–Trinajstić information content (AvgIpc) is 2.29. The lowest BCUT2D eigenvalue weighted by Gasteiger charge is -2.21. The van der Waals surface area contributed by atoms with Crippen molar-refractivity contribution in [1.82, 2.24) is 5.32 Å². The van der Waals surface area contributed by atoms with Crippen LogP contribution < -0.4 is 5.32 Å². The lowest BCUT2D eigenvalue weighted by Crippen LogP contribution is -2.43. The van der Waals surface area contributed by atoms with Crippen LogP contribution in [0.5, 0.6) is 0 Å². The Bertz CT molecular complexity index is 366. The van der Waals surface area contributed by atoms with Crippen LogP contribution in [0.3, 0.4) is 0 Å². The van der Waals surface area contributed by atoms with Crippen molar-refractivity contribution in [1.29, 1.82) is 0 Å². The van der Waals surface area contributed by atoms with E-state index in [0.29, 0.717) is 12.2 Å². The third-order valence-corrected chi connectivity index (χ3v) is 3.61. The summed E-state index contributed by atoms with van der Waals surface area (Å²) in [6, 6.07) is -0.947. The predicted octanol–water partition coefficient (Wildman–Crippen LogP) is 3.23. The van der Waals surface area contributed by atoms with E-state index in [1.165, 1.54) is 5.54 Å². The van der Waals surface area contributed by atoms with Gasteiger partial charge in [0.1, 0.15) is 11.6 Å². The monoisotopic (exact) mass is 323 g/mol. The highest BCUT2D eigenvalue weighted by atomic mass is 35.5. The van der Waals surface area contributed by atoms with Gasteiger partial charge in [0, 0.05) is 11.3 Å². The van der Waals surface area contributed by atoms with Crippen LogP contribution in [0, 0.1) is 0 Å². The minimum absolute atomic E-state index is 0.328. The Morgan fingerprint density at radius 1 is 1.45 bits per heavy atom. The van der Waals surface area contributed by atoms with E-state index in [2.05, 4.69) is 5.32 Å². The van der Waals surface area contributed by atoms with Crippen molar-refractivity contribution >= 4 is 35.4 Å². The van der Waals surface area contributed by atoms with Gasteiger partial charge in [-0.15, -0.1) is 0 Å². The maximum absolute atomic E-state index is 11.5. The second-order valence-corrected chi connectivity index (χ2v) is 6.66. The fourth-order valence-corrected chi connectivity index (χ4v) is 2.29. The number of nitrogens with one attached hydrogen (secondary N) is 1. The summed E-state index contributed by atoms with van der Waals surface area (Å²) in [5.41, 5.74) is 1.87. The van der Waals surface area contributed by atoms with E-state index in [9.17, 15) is 9.59 Å². The summed E-state index contributed by atoms with van der Waals surface area (Å²) in [4.78, 5) is 22.6. The zero-order chi connectivity index (χ0) is 15.8. The van der Waals surface area contributed by atoms with Crippen LogP contribution in [-0.4, -0.2) is 40.3 Å². The molecule has 20 heavy (non-hydrogen) atoms. The number of alkyl carbamates (subject to hydrolysis) is 1. The smallest absolute Gasteiger partial charge is 0.408 e. The Balaban J connectivity index is 4.18. The summed E-state index contributed by atoms with van der Waals surface area (Å²) in [7, 11) is 0. The van der Waals surface area contributed by atoms with Crippen molar-refractivity contribution in [3.63, 3.8) is 0 Å². The number of halogens is 1. The fraction of sp³-hybridized carbons (Fsp3) is 0.692. The number of rotatable bonds is 7. The summed E-state index contributed by atoms with van der Waals surface area (Å²) in [5.74, 6) is 0.276. The minimum Gasteiger partial charge on any atom is -0.480 e. The highest BCUT2D eigenvalue weighted by Gasteiger charge is 2.23. The van der Waals surface area contributed by atoms with Crippen molar-refractivity contribution in [2.75, 3.05) is 11.5 Å². The number of ether oxygens (including phenoxy) is 1. The molecule has 0 aliphatic heterocycles. The zero-order valence-corrected chi connectivity index (χ0v) is 13.8. The van der Waals surface area contributed by atoms with Crippen LogP contribution in [-0.2, 0) is 9.53 Å². The van der Waals surface area contributed by atoms with Gasteiger partial charge in [-0.2, -0.15) is 11.8 Å². The highest BCUT2D eigenvalue weighted by molar-refractivity contribution is 7.99. The molecular weight excluding hydrogens is 302 g/mol. The van der Waals surface area contributed by atoms with E-state index in [0.717, 1.165) is 11.3 Å². The van der Waals surface area contributed by atoms with Gasteiger partial charge >= 0.3 is 12.1 Å². The van der Waals surface area contributed by atoms with Gasteiger partial charge in [-0.05, 0) is 39.9 Å². The second kappa shape index (κ2) is 9.13. The molecule has 1 amide bonds. The Morgan fingerprint density at radius 2 is 2.05 bits per heavy atom. The Labute approximate surface area is 129 Å². The summed E-state index contributed by atoms with van der Waals surface area (Å²) >= 11 is 7.09. The second-order valence-electron chi connectivity index (χ2n) is 5.33. The van der Waals surface area contributed by atoms with E-state index >= 15 is 0 Å². The molecule has 0 bridgehead atoms. The summed E-state index contributed by atoms with van der Waals surface area (Å²) in [6.07, 6.45) is -0.388. The van der Waals surface area contributed by atoms with Gasteiger partial charge in [-0.3, -0.25) is 0 Å². The number of hydrogen-bond donors (Lipinski definition) is 2. The normalized spacial score (nSPS) is 13.8. The van der Waals surface area contributed by atoms with Gasteiger partial charge in [-0.1, -0.05) is 17.2 Å². The van der Waals surface area contributed by atoms with Gasteiger partial charge < -0.3 is 15.2 Å². The molecule has 0 spiro atoms. The fourth-order valence-electron chi connectivity index (χ4n) is 1.17. The Morgan fingerprint density at radius 3 is 2.50 bits per heavy atom. The number of carbonyl (C=O) groups is 2. The standard InChI is InChI=1S/C13H22ClNO4S/c1-9(7-14)8-20-6-5-10(11(16)17)15-12(18)19-13(2,3)4/h7,10H,5-6,8H2,1-4H3,(H,15,18)(H,16,17). The lowest BCUT2D eigenvalue weighted by atomic mass is 10.2. The van der Waals surface area contributed by atoms with Crippen molar-refractivity contribution in [3.05, 3.63) is 11.1 Å². The van der Waals surface area contributed by atoms with Crippen LogP contribution in [0.25, 0.3) is 0 Å². The Kier molecular flexibility index (Phi) is 8.73. The summed E-state index contributed by atoms with van der Waals surface area (Å²) in [5, 5.41) is 11.4. The van der Waals surface area contributed by atoms with Gasteiger partial charge in [0.25, 0.3) is 0 Å². The SMILES string of the molecule is CC(=CCl)CSCCC(NC(=O)OC(C)(C)C)C(=O)O. The molecule has 0 saturated heterocycles. The quantitative estimate of drug-likeness (QED) is 0.703. The van der Waals surface area contributed by atoms with Crippen LogP contribution >= 0.6 is 23.4 Å². The topological polar surface area (TPSA) is 75.6 Å². The first-order chi connectivity index (χ1) is 9.15. The first kappa shape index (κ1) is 19.1. The van der Waals surface area contributed by atoms with E-state index in [-0.39, 0.29) is 0 Å². The molecule has 0 aliphatic rings. The van der Waals surface area contributed by atoms with E-state index in [1.54, 1.807) is 32.5 Å². The number of carboxylic acids is 1. The number of hydrogen-bond acceptors (Lipinski definition) is 4. The third-order valence-electron chi connectivity index (χ3n) is 2.06. The van der Waals surface area contributed by atoms with Gasteiger partial charge in [0.2, 0.25) is 0 Å². The molecule has 0 heterocycles. The molecule has 2 N–H and O–H groups in total. The molecular formula is C13H22ClNO4S. The maximum Gasteiger partial charge on any atom is 0.408 e. The van der Waals surface area contributed by atoms with E-state index < -0.39 is 23.7 Å². The van der Waals surface area contributed by atoms with Crippen molar-refractivity contribution < 1.29 is 19.4 Å². The molecule has 5 nitrogen and oxygen atoms in total. The molecule has 7 heteroatoms. The first-order valence-electron chi connectivity index (χ1n) is 6.21. The molecule has 0 rings (SSSR count). The van der Waals surface area contributed by atoms with Crippen molar-refractivity contribution in [2.24, 2.45) is 0 Å². The summed E-state index contributed by atoms with van der Waals surface area (Å²) < 4.78 is 5.03. The van der Waals surface area contributed by atoms with Crippen LogP contribution in [0.2, 0.25) is 0 Å². The molecule has 116 valence electrons. The van der Waals surface area contributed by atoms with Gasteiger partial charge in [0.15, 0.2) is 0 Å². The molecule has 0 saturated carbocycles. The minimum atomic E-state index is -1.07. The molecule has 1 atom stereocenters. The number of carbonyl (C=O) groups excluding carboxylic acids is 1. The molecule has 0 radical (unpaired) electrons. The molecule has 0 aromatic carbocycles. The highest BCUT2D eigenvalue weighted by Crippen LogP contribution is 2.12. The molecule has 0 aliphatic carbocycles. The predicted molar refractivity (Wildman–Crippen MR) is 82.3 cm³/mol. The number of carboxylic acid groups (broad SMARTS) is 1. The van der Waals surface area contributed by atoms with E-state index in [1.807, 2.05) is 6.92 Å². The van der Waals surface area contributed by atoms with Crippen LogP contribution in [0.15, 0.2) is 11.1 Å². The summed E-state index contributed by atoms with van der Waals surface area (Å²) in [6.45, 7) is 7.06. The number of aliphatic carboxylic acids is 1. The van der Waals surface area contributed by atoms with Gasteiger partial charge in [-0.25, -0.2) is 9.59 Å². The number of amides is 1. The zero-order valence-electron chi connectivity index (χ0n) is 12.2. The van der Waals surface area contributed by atoms with Gasteiger partial charge in [0.05, 0.1) is 0 Å².